The molecule has 0 saturated carbocycles. The van der Waals surface area contributed by atoms with Gasteiger partial charge in [0.05, 0.1) is 24.0 Å². The van der Waals surface area contributed by atoms with E-state index in [0.717, 1.165) is 37.2 Å². The Hall–Kier alpha value is -3.11. The quantitative estimate of drug-likeness (QED) is 0.185. The Kier molecular flexibility index (Phi) is 9.89. The van der Waals surface area contributed by atoms with Gasteiger partial charge in [0.2, 0.25) is 0 Å². The Bertz CT molecular complexity index is 1630. The Morgan fingerprint density at radius 1 is 1.07 bits per heavy atom. The molecule has 0 radical (unpaired) electrons. The topological polar surface area (TPSA) is 59.4 Å². The molecule has 3 aromatic carbocycles. The molecule has 0 spiro atoms. The summed E-state index contributed by atoms with van der Waals surface area (Å²) in [5.74, 6) is -0.549. The lowest BCUT2D eigenvalue weighted by atomic mass is 9.81. The van der Waals surface area contributed by atoms with Crippen LogP contribution in [-0.2, 0) is 11.2 Å². The van der Waals surface area contributed by atoms with Gasteiger partial charge in [0, 0.05) is 39.0 Å². The van der Waals surface area contributed by atoms with E-state index in [0.29, 0.717) is 21.6 Å². The molecule has 2 heterocycles. The maximum absolute atomic E-state index is 15.4. The van der Waals surface area contributed by atoms with Crippen LogP contribution in [0.3, 0.4) is 0 Å². The van der Waals surface area contributed by atoms with Gasteiger partial charge in [0.15, 0.2) is 5.16 Å². The fourth-order valence-corrected chi connectivity index (χ4v) is 6.92. The number of methoxy groups -OCH3 is 1. The fraction of sp³-hybridized carbons (Fsp3) is 0.333. The van der Waals surface area contributed by atoms with Crippen LogP contribution in [0.15, 0.2) is 66.0 Å². The second-order valence-corrected chi connectivity index (χ2v) is 13.2. The van der Waals surface area contributed by atoms with Crippen LogP contribution >= 0.6 is 35.0 Å². The zero-order valence-electron chi connectivity index (χ0n) is 25.0. The molecule has 4 aromatic rings. The molecule has 1 N–H and O–H groups in total. The van der Waals surface area contributed by atoms with E-state index in [1.165, 1.54) is 36.0 Å². The second-order valence-electron chi connectivity index (χ2n) is 11.5. The Balaban J connectivity index is 1.42. The van der Waals surface area contributed by atoms with Crippen molar-refractivity contribution < 1.29 is 18.3 Å². The van der Waals surface area contributed by atoms with Gasteiger partial charge in [-0.05, 0) is 87.1 Å². The molecule has 1 saturated heterocycles. The number of carbonyl (C=O) groups excluding carboxylic acids is 1. The number of nitrogens with one attached hydrogen (secondary N) is 1. The zero-order chi connectivity index (χ0) is 31.6. The SMILES string of the molecule is COc1cc(C(C)(C)c2cnc(SCc3c(F)cc(C(=O)NC4CCN(C)CC4)cc3Cl)n2-c2ccc(F)cc2)ccc1Cl. The molecule has 1 fully saturated rings. The molecule has 0 unspecified atom stereocenters. The first-order chi connectivity index (χ1) is 21.0. The lowest BCUT2D eigenvalue weighted by Gasteiger charge is -2.29. The Labute approximate surface area is 270 Å². The first-order valence-corrected chi connectivity index (χ1v) is 16.0. The normalized spacial score (nSPS) is 14.5. The number of thioether (sulfide) groups is 1. The molecule has 1 aliphatic heterocycles. The maximum atomic E-state index is 15.4. The van der Waals surface area contributed by atoms with Crippen LogP contribution < -0.4 is 10.1 Å². The largest absolute Gasteiger partial charge is 0.495 e. The van der Waals surface area contributed by atoms with Crippen molar-refractivity contribution in [3.05, 3.63) is 105 Å². The molecule has 1 amide bonds. The van der Waals surface area contributed by atoms with Crippen molar-refractivity contribution in [1.82, 2.24) is 19.8 Å². The molecule has 1 aliphatic rings. The number of likely N-dealkylation sites (tertiary alicyclic amines) is 1. The van der Waals surface area contributed by atoms with Gasteiger partial charge in [-0.2, -0.15) is 0 Å². The van der Waals surface area contributed by atoms with E-state index in [-0.39, 0.29) is 39.7 Å². The third-order valence-corrected chi connectivity index (χ3v) is 9.76. The van der Waals surface area contributed by atoms with Crippen LogP contribution in [0, 0.1) is 11.6 Å². The molecular formula is C33H34Cl2F2N4O2S. The van der Waals surface area contributed by atoms with Crippen molar-refractivity contribution in [3.8, 4) is 11.4 Å². The number of ether oxygens (including phenoxy) is 1. The van der Waals surface area contributed by atoms with Gasteiger partial charge in [0.25, 0.3) is 5.91 Å². The third kappa shape index (κ3) is 6.91. The van der Waals surface area contributed by atoms with E-state index in [4.69, 9.17) is 32.9 Å². The Morgan fingerprint density at radius 3 is 2.43 bits per heavy atom. The molecule has 0 atom stereocenters. The highest BCUT2D eigenvalue weighted by Crippen LogP contribution is 2.39. The highest BCUT2D eigenvalue weighted by molar-refractivity contribution is 7.98. The summed E-state index contributed by atoms with van der Waals surface area (Å²) in [5, 5.41) is 4.24. The van der Waals surface area contributed by atoms with Gasteiger partial charge in [-0.15, -0.1) is 0 Å². The van der Waals surface area contributed by atoms with Crippen molar-refractivity contribution in [2.24, 2.45) is 0 Å². The first kappa shape index (κ1) is 32.3. The summed E-state index contributed by atoms with van der Waals surface area (Å²) in [7, 11) is 3.61. The van der Waals surface area contributed by atoms with Gasteiger partial charge >= 0.3 is 0 Å². The van der Waals surface area contributed by atoms with Crippen molar-refractivity contribution in [3.63, 3.8) is 0 Å². The van der Waals surface area contributed by atoms with Gasteiger partial charge in [-0.1, -0.05) is 54.9 Å². The van der Waals surface area contributed by atoms with Gasteiger partial charge in [-0.3, -0.25) is 9.36 Å². The lowest BCUT2D eigenvalue weighted by molar-refractivity contribution is 0.0916. The van der Waals surface area contributed by atoms with Crippen molar-refractivity contribution in [1.29, 1.82) is 0 Å². The standard InChI is InChI=1S/C33H34Cl2F2N4O2S/c1-33(2,21-5-10-26(34)29(17-21)43-4)30-18-38-32(41(30)24-8-6-22(36)7-9-24)44-19-25-27(35)15-20(16-28(25)37)31(42)39-23-11-13-40(3)14-12-23/h5-10,15-18,23H,11-14,19H2,1-4H3,(H,39,42). The number of amides is 1. The predicted octanol–water partition coefficient (Wildman–Crippen LogP) is 7.91. The molecule has 0 aliphatic carbocycles. The summed E-state index contributed by atoms with van der Waals surface area (Å²) in [6, 6.07) is 14.5. The number of piperidine rings is 1. The van der Waals surface area contributed by atoms with Crippen molar-refractivity contribution in [2.75, 3.05) is 27.2 Å². The number of hydrogen-bond donors (Lipinski definition) is 1. The van der Waals surface area contributed by atoms with E-state index >= 15 is 4.39 Å². The Morgan fingerprint density at radius 2 is 1.77 bits per heavy atom. The molecular weight excluding hydrogens is 625 g/mol. The van der Waals surface area contributed by atoms with Crippen LogP contribution in [0.1, 0.15) is 53.9 Å². The highest BCUT2D eigenvalue weighted by Gasteiger charge is 2.31. The van der Waals surface area contributed by atoms with Crippen LogP contribution in [0.5, 0.6) is 5.75 Å². The van der Waals surface area contributed by atoms with E-state index in [1.54, 1.807) is 31.5 Å². The van der Waals surface area contributed by atoms with Crippen LogP contribution in [-0.4, -0.2) is 53.6 Å². The van der Waals surface area contributed by atoms with Gasteiger partial charge < -0.3 is 15.0 Å². The summed E-state index contributed by atoms with van der Waals surface area (Å²) < 4.78 is 36.7. The first-order valence-electron chi connectivity index (χ1n) is 14.3. The summed E-state index contributed by atoms with van der Waals surface area (Å²) in [5.41, 5.74) is 2.33. The monoisotopic (exact) mass is 658 g/mol. The van der Waals surface area contributed by atoms with Crippen LogP contribution in [0.4, 0.5) is 8.78 Å². The maximum Gasteiger partial charge on any atom is 0.251 e. The number of carbonyl (C=O) groups is 1. The zero-order valence-corrected chi connectivity index (χ0v) is 27.3. The smallest absolute Gasteiger partial charge is 0.251 e. The average molecular weight is 660 g/mol. The minimum absolute atomic E-state index is 0.0495. The van der Waals surface area contributed by atoms with Crippen LogP contribution in [0.25, 0.3) is 5.69 Å². The summed E-state index contributed by atoms with van der Waals surface area (Å²) in [6.45, 7) is 5.90. The van der Waals surface area contributed by atoms with E-state index < -0.39 is 11.2 Å². The minimum Gasteiger partial charge on any atom is -0.495 e. The summed E-state index contributed by atoms with van der Waals surface area (Å²) in [6.07, 6.45) is 3.46. The number of benzene rings is 3. The van der Waals surface area contributed by atoms with E-state index in [9.17, 15) is 9.18 Å². The summed E-state index contributed by atoms with van der Waals surface area (Å²) in [4.78, 5) is 19.8. The van der Waals surface area contributed by atoms with E-state index in [2.05, 4.69) is 17.3 Å². The van der Waals surface area contributed by atoms with Crippen LogP contribution in [0.2, 0.25) is 10.0 Å². The van der Waals surface area contributed by atoms with Gasteiger partial charge in [-0.25, -0.2) is 13.8 Å². The number of imidazole rings is 1. The van der Waals surface area contributed by atoms with Crippen molar-refractivity contribution >= 4 is 40.9 Å². The third-order valence-electron chi connectivity index (χ3n) is 8.13. The molecule has 232 valence electrons. The fourth-order valence-electron chi connectivity index (χ4n) is 5.34. The number of nitrogens with zero attached hydrogens (tertiary/aromatic N) is 3. The highest BCUT2D eigenvalue weighted by atomic mass is 35.5. The number of rotatable bonds is 9. The second kappa shape index (κ2) is 13.5. The van der Waals surface area contributed by atoms with Gasteiger partial charge in [0.1, 0.15) is 17.4 Å². The molecule has 0 bridgehead atoms. The minimum atomic E-state index is -0.580. The molecule has 5 rings (SSSR count). The predicted molar refractivity (Wildman–Crippen MR) is 173 cm³/mol. The van der Waals surface area contributed by atoms with Crippen molar-refractivity contribution in [2.45, 2.75) is 49.1 Å². The lowest BCUT2D eigenvalue weighted by Crippen LogP contribution is -2.43. The number of aromatic nitrogens is 2. The molecule has 1 aromatic heterocycles. The molecule has 44 heavy (non-hydrogen) atoms. The molecule has 6 nitrogen and oxygen atoms in total. The number of hydrogen-bond acceptors (Lipinski definition) is 5. The van der Waals surface area contributed by atoms with E-state index in [1.807, 2.05) is 30.5 Å². The molecule has 11 heteroatoms. The summed E-state index contributed by atoms with van der Waals surface area (Å²) >= 11 is 14.1. The number of halogens is 4. The average Bonchev–Trinajstić information content (AvgIpc) is 3.43.